The minimum Gasteiger partial charge on any atom is -0.396 e. The van der Waals surface area contributed by atoms with E-state index in [1.807, 2.05) is 98.5 Å². The van der Waals surface area contributed by atoms with Crippen LogP contribution in [0.15, 0.2) is 72.8 Å². The zero-order valence-electron chi connectivity index (χ0n) is 26.7. The maximum atomic E-state index is 14.8. The van der Waals surface area contributed by atoms with E-state index in [2.05, 4.69) is 0 Å². The van der Waals surface area contributed by atoms with E-state index in [0.29, 0.717) is 45.4 Å². The van der Waals surface area contributed by atoms with Crippen LogP contribution in [0.5, 0.6) is 0 Å². The number of nitrogens with zero attached hydrogens (tertiary/aromatic N) is 3. The second-order valence-electron chi connectivity index (χ2n) is 13.0. The number of benzene rings is 2. The monoisotopic (exact) mass is 611 g/mol. The number of aliphatic hydroxyl groups excluding tert-OH is 1. The number of unbranched alkanes of at least 4 members (excludes halogenated alkanes) is 3. The summed E-state index contributed by atoms with van der Waals surface area (Å²) in [6, 6.07) is 15.1. The summed E-state index contributed by atoms with van der Waals surface area (Å²) in [5, 5.41) is 9.27. The third-order valence-corrected chi connectivity index (χ3v) is 10.2. The molecule has 2 saturated heterocycles. The lowest BCUT2D eigenvalue weighted by atomic mass is 9.73. The minimum atomic E-state index is -1.28. The number of ether oxygens (including phenoxy) is 1. The average molecular weight is 612 g/mol. The van der Waals surface area contributed by atoms with Crippen LogP contribution in [-0.4, -0.2) is 76.1 Å². The van der Waals surface area contributed by atoms with Gasteiger partial charge in [0.2, 0.25) is 11.8 Å². The van der Waals surface area contributed by atoms with Gasteiger partial charge in [-0.1, -0.05) is 86.5 Å². The lowest BCUT2D eigenvalue weighted by Crippen LogP contribution is -2.56. The minimum absolute atomic E-state index is 0.110. The summed E-state index contributed by atoms with van der Waals surface area (Å²) < 4.78 is 7.14. The molecule has 8 heteroatoms. The number of amides is 3. The molecule has 6 rings (SSSR count). The van der Waals surface area contributed by atoms with Gasteiger partial charge in [-0.15, -0.1) is 0 Å². The molecule has 3 amide bonds. The molecule has 45 heavy (non-hydrogen) atoms. The summed E-state index contributed by atoms with van der Waals surface area (Å²) in [5.41, 5.74) is 1.58. The van der Waals surface area contributed by atoms with Crippen molar-refractivity contribution in [2.24, 2.45) is 11.8 Å². The molecule has 4 heterocycles. The topological polar surface area (TPSA) is 90.4 Å². The maximum Gasteiger partial charge on any atom is 0.253 e. The molecule has 1 spiro atoms. The lowest BCUT2D eigenvalue weighted by molar-refractivity contribution is -0.150. The predicted octanol–water partition coefficient (Wildman–Crippen LogP) is 4.72. The molecule has 238 valence electrons. The second kappa shape index (κ2) is 12.6. The molecule has 0 saturated carbocycles. The first-order valence-corrected chi connectivity index (χ1v) is 16.4. The Bertz CT molecular complexity index is 1500. The normalized spacial score (nSPS) is 29.1. The SMILES string of the molecule is CC[C@@]12C=CCN(Cc3ccccc3)C(=O)[C@@H]1[C@H]1C(=O)N(CCCCCCO)C3C(=O)N(c4cc(C)ccc4C)CC=C[C@@]31O2. The second-order valence-corrected chi connectivity index (χ2v) is 13.0. The fraction of sp³-hybridized carbons (Fsp3) is 0.486. The number of hydrogen-bond donors (Lipinski definition) is 1. The van der Waals surface area contributed by atoms with Gasteiger partial charge in [0, 0.05) is 38.5 Å². The van der Waals surface area contributed by atoms with Crippen LogP contribution in [0.3, 0.4) is 0 Å². The Hall–Kier alpha value is -3.75. The van der Waals surface area contributed by atoms with Gasteiger partial charge >= 0.3 is 0 Å². The largest absolute Gasteiger partial charge is 0.396 e. The Labute approximate surface area is 266 Å². The van der Waals surface area contributed by atoms with Crippen LogP contribution < -0.4 is 4.90 Å². The summed E-state index contributed by atoms with van der Waals surface area (Å²) in [6.45, 7) is 7.73. The van der Waals surface area contributed by atoms with Crippen LogP contribution in [0.2, 0.25) is 0 Å². The first-order valence-electron chi connectivity index (χ1n) is 16.4. The summed E-state index contributed by atoms with van der Waals surface area (Å²) in [7, 11) is 0. The Morgan fingerprint density at radius 1 is 0.867 bits per heavy atom. The van der Waals surface area contributed by atoms with E-state index in [1.165, 1.54) is 0 Å². The number of carbonyl (C=O) groups excluding carboxylic acids is 3. The van der Waals surface area contributed by atoms with Crippen LogP contribution in [0.1, 0.15) is 55.7 Å². The Morgan fingerprint density at radius 3 is 2.38 bits per heavy atom. The molecule has 0 radical (unpaired) electrons. The zero-order valence-corrected chi connectivity index (χ0v) is 26.7. The summed E-state index contributed by atoms with van der Waals surface area (Å²) in [5.74, 6) is -2.07. The first kappa shape index (κ1) is 31.2. The molecule has 2 fully saturated rings. The van der Waals surface area contributed by atoms with E-state index in [9.17, 15) is 19.5 Å². The molecule has 5 atom stereocenters. The van der Waals surface area contributed by atoms with E-state index in [-0.39, 0.29) is 24.3 Å². The van der Waals surface area contributed by atoms with Crippen LogP contribution in [-0.2, 0) is 25.7 Å². The Balaban J connectivity index is 1.42. The van der Waals surface area contributed by atoms with Crippen molar-refractivity contribution in [1.82, 2.24) is 9.80 Å². The zero-order chi connectivity index (χ0) is 31.8. The molecule has 0 bridgehead atoms. The maximum absolute atomic E-state index is 14.8. The molecule has 0 aliphatic carbocycles. The standard InChI is InChI=1S/C37H45N3O5/c1-4-36-18-12-20-38(25-28-14-8-7-9-15-28)33(42)30(36)31-34(43)40(21-10-5-6-11-23-41)32-35(44)39(22-13-19-37(31,32)45-36)29-24-26(2)16-17-27(29)3/h7-9,12-19,24,30-32,41H,4-6,10-11,20-23,25H2,1-3H3/t30-,31-,32?,36+,37-/m0/s1. The highest BCUT2D eigenvalue weighted by Crippen LogP contribution is 2.58. The third-order valence-electron chi connectivity index (χ3n) is 10.2. The van der Waals surface area contributed by atoms with E-state index >= 15 is 0 Å². The highest BCUT2D eigenvalue weighted by atomic mass is 16.5. The third kappa shape index (κ3) is 5.32. The highest BCUT2D eigenvalue weighted by molar-refractivity contribution is 6.06. The van der Waals surface area contributed by atoms with Gasteiger partial charge in [0.25, 0.3) is 5.91 Å². The van der Waals surface area contributed by atoms with Gasteiger partial charge in [0.1, 0.15) is 11.6 Å². The van der Waals surface area contributed by atoms with E-state index in [4.69, 9.17) is 4.74 Å². The number of fused-ring (bicyclic) bond motifs is 2. The van der Waals surface area contributed by atoms with Crippen molar-refractivity contribution in [3.8, 4) is 0 Å². The molecule has 1 N–H and O–H groups in total. The van der Waals surface area contributed by atoms with Crippen molar-refractivity contribution in [1.29, 1.82) is 0 Å². The van der Waals surface area contributed by atoms with Crippen molar-refractivity contribution in [3.63, 3.8) is 0 Å². The van der Waals surface area contributed by atoms with Gasteiger partial charge in [-0.25, -0.2) is 0 Å². The lowest BCUT2D eigenvalue weighted by Gasteiger charge is -2.38. The predicted molar refractivity (Wildman–Crippen MR) is 173 cm³/mol. The van der Waals surface area contributed by atoms with Gasteiger partial charge in [-0.2, -0.15) is 0 Å². The van der Waals surface area contributed by atoms with Crippen molar-refractivity contribution >= 4 is 23.4 Å². The number of carbonyl (C=O) groups is 3. The van der Waals surface area contributed by atoms with Gasteiger partial charge in [0.15, 0.2) is 0 Å². The number of anilines is 1. The van der Waals surface area contributed by atoms with Crippen molar-refractivity contribution in [3.05, 3.63) is 89.5 Å². The van der Waals surface area contributed by atoms with Crippen LogP contribution in [0.25, 0.3) is 0 Å². The Kier molecular flexibility index (Phi) is 8.72. The van der Waals surface area contributed by atoms with Crippen molar-refractivity contribution < 1.29 is 24.2 Å². The van der Waals surface area contributed by atoms with Gasteiger partial charge in [-0.3, -0.25) is 14.4 Å². The Morgan fingerprint density at radius 2 is 1.62 bits per heavy atom. The number of hydrogen-bond acceptors (Lipinski definition) is 5. The molecule has 4 aliphatic heterocycles. The van der Waals surface area contributed by atoms with Crippen LogP contribution in [0.4, 0.5) is 5.69 Å². The fourth-order valence-corrected chi connectivity index (χ4v) is 7.97. The van der Waals surface area contributed by atoms with Crippen LogP contribution >= 0.6 is 0 Å². The molecular weight excluding hydrogens is 566 g/mol. The summed E-state index contributed by atoms with van der Waals surface area (Å²) in [6.07, 6.45) is 11.4. The molecule has 8 nitrogen and oxygen atoms in total. The van der Waals surface area contributed by atoms with Gasteiger partial charge < -0.3 is 24.5 Å². The van der Waals surface area contributed by atoms with E-state index in [0.717, 1.165) is 35.2 Å². The summed E-state index contributed by atoms with van der Waals surface area (Å²) >= 11 is 0. The quantitative estimate of drug-likeness (QED) is 0.310. The van der Waals surface area contributed by atoms with Gasteiger partial charge in [-0.05, 0) is 55.9 Å². The molecule has 2 aromatic rings. The van der Waals surface area contributed by atoms with Crippen molar-refractivity contribution in [2.75, 3.05) is 31.1 Å². The number of likely N-dealkylation sites (tertiary alicyclic amines) is 1. The molecule has 4 aliphatic rings. The van der Waals surface area contributed by atoms with Gasteiger partial charge in [0.05, 0.1) is 17.4 Å². The smallest absolute Gasteiger partial charge is 0.253 e. The molecule has 2 aromatic carbocycles. The fourth-order valence-electron chi connectivity index (χ4n) is 7.97. The van der Waals surface area contributed by atoms with E-state index < -0.39 is 29.1 Å². The average Bonchev–Trinajstić information content (AvgIpc) is 3.33. The number of aliphatic hydroxyl groups is 1. The van der Waals surface area contributed by atoms with E-state index in [1.54, 1.807) is 9.80 Å². The molecule has 1 unspecified atom stereocenters. The molecule has 0 aromatic heterocycles. The number of aryl methyl sites for hydroxylation is 2. The number of rotatable bonds is 10. The summed E-state index contributed by atoms with van der Waals surface area (Å²) in [4.78, 5) is 49.5. The first-order chi connectivity index (χ1) is 21.8. The van der Waals surface area contributed by atoms with Crippen LogP contribution in [0, 0.1) is 25.7 Å². The van der Waals surface area contributed by atoms with Crippen molar-refractivity contribution in [2.45, 2.75) is 76.7 Å². The molecular formula is C37H45N3O5. The highest BCUT2D eigenvalue weighted by Gasteiger charge is 2.75.